The molecule has 0 saturated heterocycles. The third kappa shape index (κ3) is 2.09. The van der Waals surface area contributed by atoms with Crippen LogP contribution in [0.3, 0.4) is 0 Å². The Kier molecular flexibility index (Phi) is 3.10. The fourth-order valence-electron chi connectivity index (χ4n) is 1.95. The lowest BCUT2D eigenvalue weighted by molar-refractivity contribution is -0.133. The average Bonchev–Trinajstić information content (AvgIpc) is 2.80. The first-order valence-corrected chi connectivity index (χ1v) is 5.59. The number of aliphatic carboxylic acids is 1. The van der Waals surface area contributed by atoms with E-state index in [1.807, 2.05) is 13.8 Å². The first kappa shape index (κ1) is 12.2. The summed E-state index contributed by atoms with van der Waals surface area (Å²) in [6.45, 7) is 3.64. The Balaban J connectivity index is 2.53. The summed E-state index contributed by atoms with van der Waals surface area (Å²) in [6, 6.07) is 2.10. The molecule has 1 aromatic rings. The molecule has 0 saturated carbocycles. The van der Waals surface area contributed by atoms with Gasteiger partial charge in [-0.25, -0.2) is 9.59 Å². The highest BCUT2D eigenvalue weighted by atomic mass is 16.4. The summed E-state index contributed by atoms with van der Waals surface area (Å²) in [4.78, 5) is 23.0. The first-order valence-electron chi connectivity index (χ1n) is 5.59. The van der Waals surface area contributed by atoms with Crippen LogP contribution in [0.5, 0.6) is 0 Å². The molecule has 96 valence electrons. The lowest BCUT2D eigenvalue weighted by Crippen LogP contribution is -2.46. The molecule has 0 aromatic carbocycles. The van der Waals surface area contributed by atoms with Crippen LogP contribution in [0.2, 0.25) is 0 Å². The van der Waals surface area contributed by atoms with Gasteiger partial charge in [-0.3, -0.25) is 0 Å². The van der Waals surface area contributed by atoms with Crippen LogP contribution in [0, 0.1) is 5.92 Å². The minimum atomic E-state index is -1.08. The number of amides is 2. The monoisotopic (exact) mass is 250 g/mol. The molecule has 6 nitrogen and oxygen atoms in total. The molecule has 0 bridgehead atoms. The highest BCUT2D eigenvalue weighted by Gasteiger charge is 2.35. The normalized spacial score (nSPS) is 19.7. The van der Waals surface area contributed by atoms with Gasteiger partial charge < -0.3 is 20.2 Å². The molecule has 1 atom stereocenters. The van der Waals surface area contributed by atoms with Crippen molar-refractivity contribution in [1.82, 2.24) is 10.6 Å². The van der Waals surface area contributed by atoms with Gasteiger partial charge >= 0.3 is 12.0 Å². The van der Waals surface area contributed by atoms with Crippen LogP contribution >= 0.6 is 0 Å². The van der Waals surface area contributed by atoms with Crippen molar-refractivity contribution in [3.05, 3.63) is 35.4 Å². The molecule has 2 amide bonds. The first-order chi connectivity index (χ1) is 8.50. The van der Waals surface area contributed by atoms with Gasteiger partial charge in [-0.1, -0.05) is 13.8 Å². The van der Waals surface area contributed by atoms with Gasteiger partial charge in [-0.2, -0.15) is 0 Å². The number of furan rings is 1. The Morgan fingerprint density at radius 2 is 2.22 bits per heavy atom. The van der Waals surface area contributed by atoms with Gasteiger partial charge in [0.2, 0.25) is 0 Å². The largest absolute Gasteiger partial charge is 0.478 e. The average molecular weight is 250 g/mol. The van der Waals surface area contributed by atoms with Crippen molar-refractivity contribution < 1.29 is 19.1 Å². The van der Waals surface area contributed by atoms with E-state index < -0.39 is 18.0 Å². The topological polar surface area (TPSA) is 91.6 Å². The van der Waals surface area contributed by atoms with Crippen LogP contribution in [-0.2, 0) is 4.79 Å². The second-order valence-corrected chi connectivity index (χ2v) is 4.33. The number of nitrogens with one attached hydrogen (secondary N) is 2. The van der Waals surface area contributed by atoms with Crippen LogP contribution in [0.1, 0.15) is 25.6 Å². The summed E-state index contributed by atoms with van der Waals surface area (Å²) in [6.07, 6.45) is 1.44. The second-order valence-electron chi connectivity index (χ2n) is 4.33. The van der Waals surface area contributed by atoms with E-state index in [2.05, 4.69) is 10.6 Å². The van der Waals surface area contributed by atoms with Gasteiger partial charge in [0.1, 0.15) is 11.8 Å². The molecule has 3 N–H and O–H groups in total. The van der Waals surface area contributed by atoms with E-state index >= 15 is 0 Å². The number of carbonyl (C=O) groups is 2. The molecule has 0 aliphatic carbocycles. The van der Waals surface area contributed by atoms with Gasteiger partial charge in [0, 0.05) is 5.70 Å². The summed E-state index contributed by atoms with van der Waals surface area (Å²) in [5, 5.41) is 14.4. The number of carbonyl (C=O) groups excluding carboxylic acids is 1. The Labute approximate surface area is 104 Å². The molecule has 6 heteroatoms. The van der Waals surface area contributed by atoms with Crippen molar-refractivity contribution in [2.75, 3.05) is 0 Å². The fourth-order valence-corrected chi connectivity index (χ4v) is 1.95. The van der Waals surface area contributed by atoms with Gasteiger partial charge in [0.05, 0.1) is 11.8 Å². The molecular formula is C12H14N2O4. The van der Waals surface area contributed by atoms with Crippen molar-refractivity contribution in [2.45, 2.75) is 19.9 Å². The summed E-state index contributed by atoms with van der Waals surface area (Å²) < 4.78 is 5.19. The van der Waals surface area contributed by atoms with Crippen LogP contribution in [-0.4, -0.2) is 17.1 Å². The molecule has 0 spiro atoms. The van der Waals surface area contributed by atoms with Gasteiger partial charge in [0.25, 0.3) is 0 Å². The summed E-state index contributed by atoms with van der Waals surface area (Å²) in [5.41, 5.74) is 0.521. The van der Waals surface area contributed by atoms with Crippen molar-refractivity contribution in [3.63, 3.8) is 0 Å². The highest BCUT2D eigenvalue weighted by Crippen LogP contribution is 2.29. The lowest BCUT2D eigenvalue weighted by Gasteiger charge is -2.28. The molecule has 0 radical (unpaired) electrons. The van der Waals surface area contributed by atoms with Crippen molar-refractivity contribution in [1.29, 1.82) is 0 Å². The molecule has 2 heterocycles. The fraction of sp³-hybridized carbons (Fsp3) is 0.333. The number of carboxylic acid groups (broad SMARTS) is 1. The number of carboxylic acids is 1. The van der Waals surface area contributed by atoms with E-state index in [9.17, 15) is 14.7 Å². The van der Waals surface area contributed by atoms with E-state index in [4.69, 9.17) is 4.42 Å². The maximum absolute atomic E-state index is 11.6. The maximum Gasteiger partial charge on any atom is 0.335 e. The van der Waals surface area contributed by atoms with Crippen LogP contribution in [0.4, 0.5) is 4.79 Å². The Morgan fingerprint density at radius 3 is 2.72 bits per heavy atom. The zero-order chi connectivity index (χ0) is 13.3. The number of hydrogen-bond donors (Lipinski definition) is 3. The number of hydrogen-bond acceptors (Lipinski definition) is 3. The van der Waals surface area contributed by atoms with Gasteiger partial charge in [-0.05, 0) is 18.1 Å². The molecular weight excluding hydrogens is 236 g/mol. The number of allylic oxidation sites excluding steroid dienone is 1. The molecule has 2 rings (SSSR count). The number of rotatable bonds is 3. The van der Waals surface area contributed by atoms with Crippen molar-refractivity contribution >= 4 is 12.0 Å². The van der Waals surface area contributed by atoms with E-state index in [0.717, 1.165) is 0 Å². The minimum Gasteiger partial charge on any atom is -0.478 e. The molecule has 1 aliphatic heterocycles. The maximum atomic E-state index is 11.6. The van der Waals surface area contributed by atoms with E-state index in [-0.39, 0.29) is 11.5 Å². The molecule has 1 aromatic heterocycles. The van der Waals surface area contributed by atoms with Crippen LogP contribution in [0.15, 0.2) is 34.1 Å². The summed E-state index contributed by atoms with van der Waals surface area (Å²) >= 11 is 0. The summed E-state index contributed by atoms with van der Waals surface area (Å²) in [5.74, 6) is -0.771. The molecule has 1 aliphatic rings. The zero-order valence-electron chi connectivity index (χ0n) is 10.1. The Bertz CT molecular complexity index is 502. The van der Waals surface area contributed by atoms with Crippen LogP contribution < -0.4 is 10.6 Å². The van der Waals surface area contributed by atoms with Gasteiger partial charge in [0.15, 0.2) is 0 Å². The standard InChI is InChI=1S/C12H14N2O4/c1-6(2)9-8(11(15)16)10(14-12(17)13-9)7-4-3-5-18-7/h3-6,10H,1-2H3,(H,15,16)(H2,13,14,17). The zero-order valence-corrected chi connectivity index (χ0v) is 10.1. The predicted octanol–water partition coefficient (Wildman–Crippen LogP) is 1.63. The van der Waals surface area contributed by atoms with Crippen molar-refractivity contribution in [3.8, 4) is 0 Å². The Hall–Kier alpha value is -2.24. The third-order valence-corrected chi connectivity index (χ3v) is 2.74. The SMILES string of the molecule is CC(C)C1=C(C(=O)O)C(c2ccco2)NC(=O)N1. The number of urea groups is 1. The smallest absolute Gasteiger partial charge is 0.335 e. The van der Waals surface area contributed by atoms with Gasteiger partial charge in [-0.15, -0.1) is 0 Å². The summed E-state index contributed by atoms with van der Waals surface area (Å²) in [7, 11) is 0. The minimum absolute atomic E-state index is 0.0976. The van der Waals surface area contributed by atoms with Crippen LogP contribution in [0.25, 0.3) is 0 Å². The third-order valence-electron chi connectivity index (χ3n) is 2.74. The van der Waals surface area contributed by atoms with E-state index in [1.165, 1.54) is 6.26 Å². The Morgan fingerprint density at radius 1 is 1.50 bits per heavy atom. The quantitative estimate of drug-likeness (QED) is 0.760. The highest BCUT2D eigenvalue weighted by molar-refractivity contribution is 5.93. The van der Waals surface area contributed by atoms with E-state index in [1.54, 1.807) is 12.1 Å². The molecule has 18 heavy (non-hydrogen) atoms. The van der Waals surface area contributed by atoms with E-state index in [0.29, 0.717) is 11.5 Å². The molecule has 0 fully saturated rings. The van der Waals surface area contributed by atoms with Crippen molar-refractivity contribution in [2.24, 2.45) is 5.92 Å². The predicted molar refractivity (Wildman–Crippen MR) is 62.6 cm³/mol. The lowest BCUT2D eigenvalue weighted by atomic mass is 9.95. The molecule has 1 unspecified atom stereocenters. The second kappa shape index (κ2) is 4.56.